The van der Waals surface area contributed by atoms with Crippen LogP contribution in [-0.2, 0) is 14.4 Å². The number of amides is 4. The van der Waals surface area contributed by atoms with Crippen molar-refractivity contribution in [2.75, 3.05) is 7.11 Å². The summed E-state index contributed by atoms with van der Waals surface area (Å²) in [6.45, 7) is 3.80. The van der Waals surface area contributed by atoms with E-state index in [1.54, 1.807) is 18.2 Å². The highest BCUT2D eigenvalue weighted by molar-refractivity contribution is 6.35. The molecule has 11 heteroatoms. The van der Waals surface area contributed by atoms with Gasteiger partial charge in [-0.05, 0) is 51.2 Å². The summed E-state index contributed by atoms with van der Waals surface area (Å²) in [5, 5.41) is 9.44. The number of benzene rings is 1. The average Bonchev–Trinajstić information content (AvgIpc) is 3.43. The van der Waals surface area contributed by atoms with Crippen molar-refractivity contribution in [3.05, 3.63) is 28.9 Å². The molecule has 1 saturated carbocycles. The van der Waals surface area contributed by atoms with E-state index in [1.807, 2.05) is 13.8 Å². The Bertz CT molecular complexity index is 1200. The van der Waals surface area contributed by atoms with E-state index in [9.17, 15) is 19.2 Å². The van der Waals surface area contributed by atoms with Crippen LogP contribution < -0.4 is 26.4 Å². The number of carbonyl (C=O) groups is 4. The maximum absolute atomic E-state index is 13.2. The van der Waals surface area contributed by atoms with Crippen molar-refractivity contribution >= 4 is 46.1 Å². The molecule has 2 fully saturated rings. The Hall–Kier alpha value is -3.27. The Balaban J connectivity index is 1.47. The fraction of sp³-hybridized carbons (Fsp3) is 0.520. The average molecular weight is 518 g/mol. The van der Waals surface area contributed by atoms with Crippen molar-refractivity contribution in [1.29, 1.82) is 0 Å². The standard InChI is InChI=1S/C25H32ClN5O5/c1-25(2)11-14(22(33)31-25)9-17(21(27)32)29-23(34)18(6-12-4-5-12)30-24(35)19-8-13-7-15(36-3)10-16(26)20(13)28-19/h7-8,10,12,14,17-18,28H,4-6,9,11H2,1-3H3,(H2,27,32)(H,29,34)(H,30,35)(H,31,33). The Kier molecular flexibility index (Phi) is 7.17. The van der Waals surface area contributed by atoms with E-state index in [0.717, 1.165) is 12.8 Å². The molecule has 1 saturated heterocycles. The third kappa shape index (κ3) is 5.92. The maximum Gasteiger partial charge on any atom is 0.268 e. The molecule has 1 aliphatic carbocycles. The van der Waals surface area contributed by atoms with Crippen LogP contribution in [0.3, 0.4) is 0 Å². The second kappa shape index (κ2) is 10.0. The van der Waals surface area contributed by atoms with Crippen molar-refractivity contribution in [3.8, 4) is 5.75 Å². The molecule has 4 rings (SSSR count). The predicted molar refractivity (Wildman–Crippen MR) is 135 cm³/mol. The van der Waals surface area contributed by atoms with E-state index in [0.29, 0.717) is 40.4 Å². The number of primary amides is 1. The van der Waals surface area contributed by atoms with Gasteiger partial charge in [-0.15, -0.1) is 0 Å². The van der Waals surface area contributed by atoms with Gasteiger partial charge in [0, 0.05) is 22.9 Å². The SMILES string of the molecule is COc1cc(Cl)c2[nH]c(C(=O)NC(CC3CC3)C(=O)NC(CC3CC(C)(C)NC3=O)C(N)=O)cc2c1. The van der Waals surface area contributed by atoms with Crippen molar-refractivity contribution in [3.63, 3.8) is 0 Å². The topological polar surface area (TPSA) is 155 Å². The van der Waals surface area contributed by atoms with Crippen molar-refractivity contribution < 1.29 is 23.9 Å². The minimum atomic E-state index is -1.03. The fourth-order valence-electron chi connectivity index (χ4n) is 4.76. The molecule has 2 aliphatic rings. The minimum Gasteiger partial charge on any atom is -0.497 e. The third-order valence-electron chi connectivity index (χ3n) is 6.79. The minimum absolute atomic E-state index is 0.1000. The molecule has 0 bridgehead atoms. The van der Waals surface area contributed by atoms with Gasteiger partial charge in [-0.2, -0.15) is 0 Å². The Morgan fingerprint density at radius 2 is 1.89 bits per heavy atom. The summed E-state index contributed by atoms with van der Waals surface area (Å²) in [5.41, 5.74) is 6.00. The first-order chi connectivity index (χ1) is 17.0. The molecule has 2 aromatic rings. The number of aromatic amines is 1. The number of fused-ring (bicyclic) bond motifs is 1. The lowest BCUT2D eigenvalue weighted by Gasteiger charge is -2.23. The molecule has 0 radical (unpaired) electrons. The summed E-state index contributed by atoms with van der Waals surface area (Å²) in [4.78, 5) is 53.7. The van der Waals surface area contributed by atoms with Crippen molar-refractivity contribution in [2.24, 2.45) is 17.6 Å². The summed E-state index contributed by atoms with van der Waals surface area (Å²) in [6.07, 6.45) is 3.01. The summed E-state index contributed by atoms with van der Waals surface area (Å²) >= 11 is 6.30. The predicted octanol–water partition coefficient (Wildman–Crippen LogP) is 2.00. The number of nitrogens with one attached hydrogen (secondary N) is 4. The molecule has 1 aromatic carbocycles. The number of aromatic nitrogens is 1. The first-order valence-corrected chi connectivity index (χ1v) is 12.4. The number of nitrogens with two attached hydrogens (primary N) is 1. The normalized spacial score (nSPS) is 20.4. The van der Waals surface area contributed by atoms with Crippen LogP contribution in [0.15, 0.2) is 18.2 Å². The van der Waals surface area contributed by atoms with Crippen LogP contribution in [0.25, 0.3) is 10.9 Å². The molecule has 1 aromatic heterocycles. The second-order valence-electron chi connectivity index (χ2n) is 10.4. The van der Waals surface area contributed by atoms with Crippen LogP contribution in [0.5, 0.6) is 5.75 Å². The van der Waals surface area contributed by atoms with E-state index in [4.69, 9.17) is 22.1 Å². The van der Waals surface area contributed by atoms with Crippen LogP contribution in [-0.4, -0.2) is 53.3 Å². The lowest BCUT2D eigenvalue weighted by molar-refractivity contribution is -0.130. The van der Waals surface area contributed by atoms with Gasteiger partial charge >= 0.3 is 0 Å². The van der Waals surface area contributed by atoms with Gasteiger partial charge in [-0.1, -0.05) is 24.4 Å². The van der Waals surface area contributed by atoms with Crippen LogP contribution in [0.4, 0.5) is 0 Å². The highest BCUT2D eigenvalue weighted by Gasteiger charge is 2.40. The van der Waals surface area contributed by atoms with Crippen LogP contribution >= 0.6 is 11.6 Å². The van der Waals surface area contributed by atoms with Crippen molar-refractivity contribution in [2.45, 2.75) is 63.6 Å². The van der Waals surface area contributed by atoms with Gasteiger partial charge in [0.05, 0.1) is 17.6 Å². The first kappa shape index (κ1) is 25.8. The maximum atomic E-state index is 13.2. The van der Waals surface area contributed by atoms with Gasteiger partial charge in [0.25, 0.3) is 5.91 Å². The van der Waals surface area contributed by atoms with Crippen molar-refractivity contribution in [1.82, 2.24) is 20.9 Å². The Labute approximate surface area is 214 Å². The first-order valence-electron chi connectivity index (χ1n) is 12.0. The number of carbonyl (C=O) groups excluding carboxylic acids is 4. The van der Waals surface area contributed by atoms with E-state index >= 15 is 0 Å². The second-order valence-corrected chi connectivity index (χ2v) is 10.8. The molecule has 1 aliphatic heterocycles. The largest absolute Gasteiger partial charge is 0.497 e. The zero-order chi connectivity index (χ0) is 26.2. The number of halogens is 1. The van der Waals surface area contributed by atoms with Gasteiger partial charge in [0.1, 0.15) is 23.5 Å². The van der Waals surface area contributed by atoms with Gasteiger partial charge in [-0.25, -0.2) is 0 Å². The molecule has 3 atom stereocenters. The summed E-state index contributed by atoms with van der Waals surface area (Å²) in [7, 11) is 1.53. The smallest absolute Gasteiger partial charge is 0.268 e. The zero-order valence-electron chi connectivity index (χ0n) is 20.6. The molecule has 2 heterocycles. The van der Waals surface area contributed by atoms with Gasteiger partial charge < -0.3 is 31.4 Å². The Morgan fingerprint density at radius 3 is 2.47 bits per heavy atom. The quantitative estimate of drug-likeness (QED) is 0.326. The van der Waals surface area contributed by atoms with Crippen LogP contribution in [0.1, 0.15) is 56.4 Å². The number of methoxy groups -OCH3 is 1. The number of hydrogen-bond donors (Lipinski definition) is 5. The molecular formula is C25H32ClN5O5. The van der Waals surface area contributed by atoms with Gasteiger partial charge in [0.2, 0.25) is 17.7 Å². The molecule has 6 N–H and O–H groups in total. The fourth-order valence-corrected chi connectivity index (χ4v) is 5.02. The Morgan fingerprint density at radius 1 is 1.17 bits per heavy atom. The molecule has 0 spiro atoms. The highest BCUT2D eigenvalue weighted by atomic mass is 35.5. The van der Waals surface area contributed by atoms with Crippen LogP contribution in [0, 0.1) is 11.8 Å². The number of ether oxygens (including phenoxy) is 1. The third-order valence-corrected chi connectivity index (χ3v) is 7.09. The number of H-pyrrole nitrogens is 1. The van der Waals surface area contributed by atoms with E-state index < -0.39 is 35.7 Å². The molecule has 10 nitrogen and oxygen atoms in total. The molecular weight excluding hydrogens is 486 g/mol. The summed E-state index contributed by atoms with van der Waals surface area (Å²) < 4.78 is 5.23. The number of rotatable bonds is 10. The van der Waals surface area contributed by atoms with E-state index in [-0.39, 0.29) is 23.6 Å². The molecule has 194 valence electrons. The number of hydrogen-bond acceptors (Lipinski definition) is 5. The van der Waals surface area contributed by atoms with Gasteiger partial charge in [0.15, 0.2) is 0 Å². The lowest BCUT2D eigenvalue weighted by atomic mass is 9.91. The summed E-state index contributed by atoms with van der Waals surface area (Å²) in [5.74, 6) is -1.45. The monoisotopic (exact) mass is 517 g/mol. The van der Waals surface area contributed by atoms with Gasteiger partial charge in [-0.3, -0.25) is 19.2 Å². The highest BCUT2D eigenvalue weighted by Crippen LogP contribution is 2.34. The molecule has 36 heavy (non-hydrogen) atoms. The van der Waals surface area contributed by atoms with E-state index in [2.05, 4.69) is 20.9 Å². The summed E-state index contributed by atoms with van der Waals surface area (Å²) in [6, 6.07) is 3.14. The molecule has 3 unspecified atom stereocenters. The zero-order valence-corrected chi connectivity index (χ0v) is 21.3. The van der Waals surface area contributed by atoms with E-state index in [1.165, 1.54) is 7.11 Å². The lowest BCUT2D eigenvalue weighted by Crippen LogP contribution is -2.53. The van der Waals surface area contributed by atoms with Crippen LogP contribution in [0.2, 0.25) is 5.02 Å². The molecule has 4 amide bonds.